The molecule has 0 unspecified atom stereocenters. The highest BCUT2D eigenvalue weighted by Crippen LogP contribution is 2.44. The number of fused-ring (bicyclic) bond motifs is 5. The number of aromatic nitrogens is 4. The monoisotopic (exact) mass is 703 g/mol. The minimum absolute atomic E-state index is 0.628. The van der Waals surface area contributed by atoms with Gasteiger partial charge in [0.15, 0.2) is 17.5 Å². The van der Waals surface area contributed by atoms with E-state index in [4.69, 9.17) is 19.9 Å². The van der Waals surface area contributed by atoms with Crippen molar-refractivity contribution in [2.45, 2.75) is 0 Å². The number of anilines is 3. The molecule has 0 spiro atoms. The van der Waals surface area contributed by atoms with Gasteiger partial charge < -0.3 is 4.90 Å². The second-order valence-corrected chi connectivity index (χ2v) is 13.5. The fourth-order valence-electron chi connectivity index (χ4n) is 7.49. The lowest BCUT2D eigenvalue weighted by Crippen LogP contribution is -2.11. The maximum atomic E-state index is 5.53. The highest BCUT2D eigenvalue weighted by atomic mass is 15.1. The van der Waals surface area contributed by atoms with Gasteiger partial charge in [0.25, 0.3) is 0 Å². The van der Waals surface area contributed by atoms with Gasteiger partial charge in [-0.05, 0) is 47.2 Å². The Hall–Kier alpha value is -7.50. The molecule has 2 aromatic heterocycles. The van der Waals surface area contributed by atoms with Crippen molar-refractivity contribution < 1.29 is 0 Å². The van der Waals surface area contributed by atoms with E-state index in [1.807, 2.05) is 60.7 Å². The molecule has 0 radical (unpaired) electrons. The maximum absolute atomic E-state index is 5.53. The van der Waals surface area contributed by atoms with Crippen LogP contribution in [0.1, 0.15) is 0 Å². The molecule has 10 rings (SSSR count). The van der Waals surface area contributed by atoms with Gasteiger partial charge in [-0.2, -0.15) is 0 Å². The van der Waals surface area contributed by atoms with Gasteiger partial charge in [-0.3, -0.25) is 0 Å². The lowest BCUT2D eigenvalue weighted by Gasteiger charge is -2.27. The van der Waals surface area contributed by atoms with Crippen molar-refractivity contribution >= 4 is 49.5 Å². The third kappa shape index (κ3) is 5.94. The molecular weight excluding hydrogens is 671 g/mol. The van der Waals surface area contributed by atoms with Crippen LogP contribution in [-0.4, -0.2) is 19.9 Å². The molecule has 2 heterocycles. The van der Waals surface area contributed by atoms with Gasteiger partial charge in [0, 0.05) is 49.8 Å². The first kappa shape index (κ1) is 32.2. The van der Waals surface area contributed by atoms with Crippen LogP contribution in [0.2, 0.25) is 0 Å². The van der Waals surface area contributed by atoms with Gasteiger partial charge in [-0.1, -0.05) is 164 Å². The predicted octanol–water partition coefficient (Wildman–Crippen LogP) is 12.9. The summed E-state index contributed by atoms with van der Waals surface area (Å²) in [6.45, 7) is 0. The van der Waals surface area contributed by atoms with E-state index < -0.39 is 0 Å². The second kappa shape index (κ2) is 13.8. The fourth-order valence-corrected chi connectivity index (χ4v) is 7.49. The van der Waals surface area contributed by atoms with E-state index in [1.54, 1.807) is 0 Å². The smallest absolute Gasteiger partial charge is 0.164 e. The number of rotatable bonds is 7. The van der Waals surface area contributed by atoms with Crippen molar-refractivity contribution in [2.24, 2.45) is 0 Å². The molecule has 0 amide bonds. The quantitative estimate of drug-likeness (QED) is 0.155. The number of hydrogen-bond acceptors (Lipinski definition) is 5. The van der Waals surface area contributed by atoms with Gasteiger partial charge in [-0.25, -0.2) is 19.9 Å². The molecule has 0 atom stereocenters. The Bertz CT molecular complexity index is 2860. The summed E-state index contributed by atoms with van der Waals surface area (Å²) in [4.78, 5) is 22.8. The average molecular weight is 704 g/mol. The molecule has 0 aliphatic rings. The van der Waals surface area contributed by atoms with Crippen LogP contribution in [0.4, 0.5) is 17.1 Å². The van der Waals surface area contributed by atoms with Crippen LogP contribution < -0.4 is 4.90 Å². The summed E-state index contributed by atoms with van der Waals surface area (Å²) < 4.78 is 0. The lowest BCUT2D eigenvalue weighted by molar-refractivity contribution is 1.07. The van der Waals surface area contributed by atoms with Crippen molar-refractivity contribution in [3.63, 3.8) is 0 Å². The molecule has 55 heavy (non-hydrogen) atoms. The van der Waals surface area contributed by atoms with Gasteiger partial charge in [0.1, 0.15) is 0 Å². The Morgan fingerprint density at radius 3 is 1.38 bits per heavy atom. The zero-order valence-corrected chi connectivity index (χ0v) is 29.8. The van der Waals surface area contributed by atoms with E-state index in [9.17, 15) is 0 Å². The number of nitrogens with zero attached hydrogens (tertiary/aromatic N) is 5. The molecule has 8 aromatic carbocycles. The third-order valence-corrected chi connectivity index (χ3v) is 10.1. The van der Waals surface area contributed by atoms with E-state index in [1.165, 1.54) is 0 Å². The Labute approximate surface area is 318 Å². The summed E-state index contributed by atoms with van der Waals surface area (Å²) in [6, 6.07) is 69.2. The molecule has 0 fully saturated rings. The van der Waals surface area contributed by atoms with Gasteiger partial charge in [0.05, 0.1) is 16.9 Å². The summed E-state index contributed by atoms with van der Waals surface area (Å²) in [5.74, 6) is 1.91. The standard InChI is InChI=1S/C50H33N5/c1-6-17-34(18-7-1)46-43-32-29-37-33-38(50-53-48(35-19-8-2-9-20-35)52-49(54-50)36-21-10-3-11-22-36)30-31-41(37)45(43)42-27-16-28-44(47(42)51-46)55(39-23-12-4-13-24-39)40-25-14-5-15-26-40/h1-33H. The van der Waals surface area contributed by atoms with Crippen molar-refractivity contribution in [1.29, 1.82) is 0 Å². The van der Waals surface area contributed by atoms with Gasteiger partial charge >= 0.3 is 0 Å². The van der Waals surface area contributed by atoms with E-state index in [-0.39, 0.29) is 0 Å². The van der Waals surface area contributed by atoms with Crippen molar-refractivity contribution in [1.82, 2.24) is 19.9 Å². The lowest BCUT2D eigenvalue weighted by atomic mass is 9.93. The summed E-state index contributed by atoms with van der Waals surface area (Å²) in [7, 11) is 0. The minimum Gasteiger partial charge on any atom is -0.308 e. The van der Waals surface area contributed by atoms with Crippen LogP contribution in [0.25, 0.3) is 77.9 Å². The van der Waals surface area contributed by atoms with Crippen LogP contribution in [0, 0.1) is 0 Å². The highest BCUT2D eigenvalue weighted by Gasteiger charge is 2.21. The Morgan fingerprint density at radius 1 is 0.327 bits per heavy atom. The van der Waals surface area contributed by atoms with Crippen molar-refractivity contribution in [2.75, 3.05) is 4.90 Å². The summed E-state index contributed by atoms with van der Waals surface area (Å²) in [6.07, 6.45) is 0. The Kier molecular flexibility index (Phi) is 8.08. The highest BCUT2D eigenvalue weighted by molar-refractivity contribution is 6.24. The summed E-state index contributed by atoms with van der Waals surface area (Å²) in [5, 5.41) is 5.56. The van der Waals surface area contributed by atoms with Gasteiger partial charge in [0.2, 0.25) is 0 Å². The first-order valence-electron chi connectivity index (χ1n) is 18.4. The maximum Gasteiger partial charge on any atom is 0.164 e. The molecule has 0 bridgehead atoms. The zero-order chi connectivity index (χ0) is 36.6. The molecule has 5 heteroatoms. The van der Waals surface area contributed by atoms with E-state index in [0.717, 1.165) is 77.5 Å². The third-order valence-electron chi connectivity index (χ3n) is 10.1. The number of para-hydroxylation sites is 3. The molecule has 0 N–H and O–H groups in total. The number of hydrogen-bond donors (Lipinski definition) is 0. The topological polar surface area (TPSA) is 54.8 Å². The second-order valence-electron chi connectivity index (χ2n) is 13.5. The van der Waals surface area contributed by atoms with Crippen LogP contribution in [-0.2, 0) is 0 Å². The van der Waals surface area contributed by atoms with Crippen molar-refractivity contribution in [3.05, 3.63) is 200 Å². The Morgan fingerprint density at radius 2 is 0.818 bits per heavy atom. The largest absolute Gasteiger partial charge is 0.308 e. The first-order valence-corrected chi connectivity index (χ1v) is 18.4. The minimum atomic E-state index is 0.628. The SMILES string of the molecule is c1ccc(-c2nc(-c3ccccc3)nc(-c3ccc4c(ccc5c(-c6ccccc6)nc6c(N(c7ccccc7)c7ccccc7)cccc6c54)c3)n2)cc1. The first-order chi connectivity index (χ1) is 27.3. The normalized spacial score (nSPS) is 11.3. The molecule has 10 aromatic rings. The van der Waals surface area contributed by atoms with Gasteiger partial charge in [-0.15, -0.1) is 0 Å². The van der Waals surface area contributed by atoms with Crippen molar-refractivity contribution in [3.8, 4) is 45.4 Å². The summed E-state index contributed by atoms with van der Waals surface area (Å²) >= 11 is 0. The molecule has 0 aliphatic heterocycles. The molecule has 5 nitrogen and oxygen atoms in total. The van der Waals surface area contributed by atoms with E-state index in [2.05, 4.69) is 144 Å². The fraction of sp³-hybridized carbons (Fsp3) is 0. The number of benzene rings is 8. The zero-order valence-electron chi connectivity index (χ0n) is 29.8. The van der Waals surface area contributed by atoms with E-state index in [0.29, 0.717) is 17.5 Å². The van der Waals surface area contributed by atoms with E-state index >= 15 is 0 Å². The molecular formula is C50H33N5. The Balaban J connectivity index is 1.22. The van der Waals surface area contributed by atoms with Crippen LogP contribution in [0.15, 0.2) is 200 Å². The molecule has 0 saturated heterocycles. The average Bonchev–Trinajstić information content (AvgIpc) is 3.27. The molecule has 258 valence electrons. The molecule has 0 aliphatic carbocycles. The summed E-state index contributed by atoms with van der Waals surface area (Å²) in [5.41, 5.74) is 8.88. The molecule has 0 saturated carbocycles. The van der Waals surface area contributed by atoms with Crippen LogP contribution in [0.3, 0.4) is 0 Å². The number of pyridine rings is 1. The predicted molar refractivity (Wildman–Crippen MR) is 227 cm³/mol. The van der Waals surface area contributed by atoms with Crippen LogP contribution in [0.5, 0.6) is 0 Å². The van der Waals surface area contributed by atoms with Crippen LogP contribution >= 0.6 is 0 Å².